The first-order valence-corrected chi connectivity index (χ1v) is 4.37. The molecule has 0 atom stereocenters. The molecule has 0 saturated heterocycles. The normalized spacial score (nSPS) is 11.0. The van der Waals surface area contributed by atoms with Crippen LogP contribution in [0.15, 0.2) is 30.5 Å². The molecule has 2 heterocycles. The molecule has 0 saturated carbocycles. The molecule has 15 heavy (non-hydrogen) atoms. The predicted octanol–water partition coefficient (Wildman–Crippen LogP) is 0.915. The quantitative estimate of drug-likeness (QED) is 0.538. The number of aromatic nitrogens is 3. The summed E-state index contributed by atoms with van der Waals surface area (Å²) in [5.74, 6) is -0.396. The lowest BCUT2D eigenvalue weighted by Gasteiger charge is -1.96. The van der Waals surface area contributed by atoms with Gasteiger partial charge in [0.15, 0.2) is 0 Å². The summed E-state index contributed by atoms with van der Waals surface area (Å²) in [6.45, 7) is 0. The van der Waals surface area contributed by atoms with E-state index in [1.165, 1.54) is 13.2 Å². The zero-order valence-corrected chi connectivity index (χ0v) is 8.12. The van der Waals surface area contributed by atoms with Crippen molar-refractivity contribution < 1.29 is 9.53 Å². The molecule has 5 nitrogen and oxygen atoms in total. The molecule has 0 amide bonds. The first-order chi connectivity index (χ1) is 7.31. The Labute approximate surface area is 86.0 Å². The highest BCUT2D eigenvalue weighted by atomic mass is 16.5. The van der Waals surface area contributed by atoms with Crippen LogP contribution in [0.2, 0.25) is 0 Å². The second-order valence-electron chi connectivity index (χ2n) is 2.88. The van der Waals surface area contributed by atoms with Gasteiger partial charge in [-0.3, -0.25) is 0 Å². The summed E-state index contributed by atoms with van der Waals surface area (Å²) in [6, 6.07) is 5.59. The summed E-state index contributed by atoms with van der Waals surface area (Å²) in [7, 11) is 1.34. The van der Waals surface area contributed by atoms with Crippen LogP contribution in [-0.4, -0.2) is 27.9 Å². The van der Waals surface area contributed by atoms with Gasteiger partial charge in [-0.2, -0.15) is 0 Å². The van der Waals surface area contributed by atoms with E-state index in [2.05, 4.69) is 15.0 Å². The van der Waals surface area contributed by atoms with Gasteiger partial charge in [-0.1, -0.05) is 11.3 Å². The highest BCUT2D eigenvalue weighted by Gasteiger charge is 1.98. The van der Waals surface area contributed by atoms with E-state index in [1.54, 1.807) is 16.8 Å². The number of hydrogen-bond donors (Lipinski definition) is 0. The lowest BCUT2D eigenvalue weighted by Crippen LogP contribution is -1.96. The fourth-order valence-electron chi connectivity index (χ4n) is 1.22. The number of rotatable bonds is 2. The number of carbonyl (C=O) groups is 1. The second-order valence-corrected chi connectivity index (χ2v) is 2.88. The number of nitrogens with zero attached hydrogens (tertiary/aromatic N) is 3. The van der Waals surface area contributed by atoms with Gasteiger partial charge in [-0.15, -0.1) is 5.10 Å². The molecule has 0 aliphatic carbocycles. The summed E-state index contributed by atoms with van der Waals surface area (Å²) in [5, 5.41) is 7.66. The Hall–Kier alpha value is -2.17. The largest absolute Gasteiger partial charge is 0.466 e. The molecule has 0 aliphatic rings. The standard InChI is InChI=1S/C10H9N3O2/c1-15-10(14)6-5-8-3-2-4-9-7-11-12-13(8)9/h2-7H,1H3/b6-5+. The fraction of sp³-hybridized carbons (Fsp3) is 0.100. The van der Waals surface area contributed by atoms with Crippen molar-refractivity contribution >= 4 is 17.6 Å². The minimum absolute atomic E-state index is 0.396. The third-order valence-corrected chi connectivity index (χ3v) is 1.95. The zero-order chi connectivity index (χ0) is 10.7. The monoisotopic (exact) mass is 203 g/mol. The molecule has 2 rings (SSSR count). The van der Waals surface area contributed by atoms with Crippen molar-refractivity contribution in [2.24, 2.45) is 0 Å². The Balaban J connectivity index is 2.39. The van der Waals surface area contributed by atoms with Gasteiger partial charge in [-0.05, 0) is 18.2 Å². The average molecular weight is 203 g/mol. The molecular formula is C10H9N3O2. The maximum absolute atomic E-state index is 10.9. The number of fused-ring (bicyclic) bond motifs is 1. The first-order valence-electron chi connectivity index (χ1n) is 4.37. The van der Waals surface area contributed by atoms with Crippen LogP contribution < -0.4 is 0 Å². The summed E-state index contributed by atoms with van der Waals surface area (Å²) in [4.78, 5) is 10.9. The van der Waals surface area contributed by atoms with E-state index >= 15 is 0 Å². The summed E-state index contributed by atoms with van der Waals surface area (Å²) < 4.78 is 6.13. The van der Waals surface area contributed by atoms with Gasteiger partial charge in [0.2, 0.25) is 0 Å². The molecule has 76 valence electrons. The molecule has 0 radical (unpaired) electrons. The summed E-state index contributed by atoms with van der Waals surface area (Å²) in [5.41, 5.74) is 1.65. The van der Waals surface area contributed by atoms with Crippen LogP contribution in [0.3, 0.4) is 0 Å². The van der Waals surface area contributed by atoms with Crippen molar-refractivity contribution in [3.8, 4) is 0 Å². The molecule has 0 aliphatic heterocycles. The summed E-state index contributed by atoms with van der Waals surface area (Å²) in [6.07, 6.45) is 4.62. The van der Waals surface area contributed by atoms with E-state index in [0.29, 0.717) is 0 Å². The Morgan fingerprint density at radius 2 is 2.40 bits per heavy atom. The molecule has 2 aromatic heterocycles. The number of methoxy groups -OCH3 is 1. The minimum atomic E-state index is -0.396. The van der Waals surface area contributed by atoms with E-state index in [0.717, 1.165) is 11.2 Å². The second kappa shape index (κ2) is 3.91. The predicted molar refractivity (Wildman–Crippen MR) is 54.0 cm³/mol. The van der Waals surface area contributed by atoms with Gasteiger partial charge < -0.3 is 4.74 Å². The molecule has 0 unspecified atom stereocenters. The van der Waals surface area contributed by atoms with Gasteiger partial charge in [0.05, 0.1) is 24.5 Å². The number of carbonyl (C=O) groups excluding carboxylic acids is 1. The van der Waals surface area contributed by atoms with E-state index < -0.39 is 5.97 Å². The molecule has 0 spiro atoms. The third-order valence-electron chi connectivity index (χ3n) is 1.95. The number of ether oxygens (including phenoxy) is 1. The Morgan fingerprint density at radius 1 is 1.53 bits per heavy atom. The van der Waals surface area contributed by atoms with Crippen molar-refractivity contribution in [1.82, 2.24) is 14.8 Å². The van der Waals surface area contributed by atoms with Crippen molar-refractivity contribution in [1.29, 1.82) is 0 Å². The average Bonchev–Trinajstić information content (AvgIpc) is 2.74. The van der Waals surface area contributed by atoms with E-state index in [4.69, 9.17) is 0 Å². The minimum Gasteiger partial charge on any atom is -0.466 e. The lowest BCUT2D eigenvalue weighted by molar-refractivity contribution is -0.134. The Bertz CT molecular complexity index is 516. The summed E-state index contributed by atoms with van der Waals surface area (Å²) >= 11 is 0. The molecule has 0 fully saturated rings. The zero-order valence-electron chi connectivity index (χ0n) is 8.12. The lowest BCUT2D eigenvalue weighted by atomic mass is 10.3. The molecule has 5 heteroatoms. The molecule has 0 bridgehead atoms. The molecule has 0 aromatic carbocycles. The van der Waals surface area contributed by atoms with Crippen LogP contribution in [0.1, 0.15) is 5.69 Å². The van der Waals surface area contributed by atoms with Crippen LogP contribution in [-0.2, 0) is 9.53 Å². The van der Waals surface area contributed by atoms with Crippen LogP contribution in [0.25, 0.3) is 11.6 Å². The van der Waals surface area contributed by atoms with E-state index in [9.17, 15) is 4.79 Å². The van der Waals surface area contributed by atoms with Crippen LogP contribution >= 0.6 is 0 Å². The number of pyridine rings is 1. The highest BCUT2D eigenvalue weighted by Crippen LogP contribution is 2.06. The van der Waals surface area contributed by atoms with E-state index in [-0.39, 0.29) is 0 Å². The van der Waals surface area contributed by atoms with Crippen LogP contribution in [0.5, 0.6) is 0 Å². The van der Waals surface area contributed by atoms with Gasteiger partial charge >= 0.3 is 5.97 Å². The number of hydrogen-bond acceptors (Lipinski definition) is 4. The smallest absolute Gasteiger partial charge is 0.330 e. The maximum Gasteiger partial charge on any atom is 0.330 e. The van der Waals surface area contributed by atoms with Gasteiger partial charge in [0, 0.05) is 6.08 Å². The fourth-order valence-corrected chi connectivity index (χ4v) is 1.22. The van der Waals surface area contributed by atoms with E-state index in [1.807, 2.05) is 18.2 Å². The van der Waals surface area contributed by atoms with Gasteiger partial charge in [0.1, 0.15) is 0 Å². The van der Waals surface area contributed by atoms with Crippen LogP contribution in [0.4, 0.5) is 0 Å². The first kappa shape index (κ1) is 9.39. The third kappa shape index (κ3) is 1.85. The van der Waals surface area contributed by atoms with Crippen molar-refractivity contribution in [2.45, 2.75) is 0 Å². The Morgan fingerprint density at radius 3 is 3.20 bits per heavy atom. The van der Waals surface area contributed by atoms with Crippen molar-refractivity contribution in [3.05, 3.63) is 36.2 Å². The highest BCUT2D eigenvalue weighted by molar-refractivity contribution is 5.86. The Kier molecular flexibility index (Phi) is 2.45. The van der Waals surface area contributed by atoms with Crippen LogP contribution in [0, 0.1) is 0 Å². The number of esters is 1. The molecule has 2 aromatic rings. The maximum atomic E-state index is 10.9. The van der Waals surface area contributed by atoms with Gasteiger partial charge in [-0.25, -0.2) is 9.31 Å². The van der Waals surface area contributed by atoms with Crippen molar-refractivity contribution in [3.63, 3.8) is 0 Å². The van der Waals surface area contributed by atoms with Crippen molar-refractivity contribution in [2.75, 3.05) is 7.11 Å². The van der Waals surface area contributed by atoms with Gasteiger partial charge in [0.25, 0.3) is 0 Å². The SMILES string of the molecule is COC(=O)/C=C/c1cccc2cnnn12. The topological polar surface area (TPSA) is 56.5 Å². The molecule has 0 N–H and O–H groups in total. The molecular weight excluding hydrogens is 194 g/mol.